The molecule has 0 saturated heterocycles. The number of nitrogens with one attached hydrogen (secondary N) is 1. The van der Waals surface area contributed by atoms with Gasteiger partial charge >= 0.3 is 0 Å². The average Bonchev–Trinajstić information content (AvgIpc) is 2.61. The van der Waals surface area contributed by atoms with Crippen LogP contribution in [0.3, 0.4) is 0 Å². The van der Waals surface area contributed by atoms with Crippen molar-refractivity contribution < 1.29 is 14.3 Å². The van der Waals surface area contributed by atoms with Crippen LogP contribution in [0.4, 0.5) is 0 Å². The summed E-state index contributed by atoms with van der Waals surface area (Å²) in [4.78, 5) is 22.6. The molecule has 132 valence electrons. The molecular weight excluding hydrogens is 340 g/mol. The van der Waals surface area contributed by atoms with E-state index in [0.717, 1.165) is 23.0 Å². The van der Waals surface area contributed by atoms with Crippen LogP contribution in [-0.2, 0) is 6.42 Å². The molecule has 3 N–H and O–H groups in total. The van der Waals surface area contributed by atoms with E-state index in [1.54, 1.807) is 18.2 Å². The predicted molar refractivity (Wildman–Crippen MR) is 98.8 cm³/mol. The number of halogens is 1. The van der Waals surface area contributed by atoms with Crippen molar-refractivity contribution in [2.45, 2.75) is 13.3 Å². The number of carbonyl (C=O) groups excluding carboxylic acids is 2. The Kier molecular flexibility index (Phi) is 6.56. The van der Waals surface area contributed by atoms with Gasteiger partial charge in [-0.05, 0) is 55.3 Å². The highest BCUT2D eigenvalue weighted by Crippen LogP contribution is 2.34. The minimum Gasteiger partial charge on any atom is -0.490 e. The van der Waals surface area contributed by atoms with Crippen molar-refractivity contribution in [2.24, 2.45) is 5.73 Å². The third-order valence-electron chi connectivity index (χ3n) is 3.96. The van der Waals surface area contributed by atoms with Crippen molar-refractivity contribution in [3.8, 4) is 5.75 Å². The molecule has 0 aliphatic carbocycles. The van der Waals surface area contributed by atoms with Crippen molar-refractivity contribution in [1.82, 2.24) is 5.32 Å². The molecule has 1 amide bonds. The van der Waals surface area contributed by atoms with E-state index in [9.17, 15) is 9.59 Å². The van der Waals surface area contributed by atoms with Gasteiger partial charge in [0.25, 0.3) is 0 Å². The molecule has 0 radical (unpaired) electrons. The van der Waals surface area contributed by atoms with Gasteiger partial charge in [0.2, 0.25) is 5.91 Å². The first-order valence-electron chi connectivity index (χ1n) is 7.91. The predicted octanol–water partition coefficient (Wildman–Crippen LogP) is 2.75. The zero-order valence-electron chi connectivity index (χ0n) is 14.3. The number of benzene rings is 2. The SMILES string of the molecule is CNCCOc1c(C=O)cc(Cc2ccc(C(N)=O)cc2)c(C)c1Cl. The minimum absolute atomic E-state index is 0.414. The quantitative estimate of drug-likeness (QED) is 0.560. The Morgan fingerprint density at radius 3 is 2.56 bits per heavy atom. The highest BCUT2D eigenvalue weighted by atomic mass is 35.5. The van der Waals surface area contributed by atoms with E-state index in [4.69, 9.17) is 22.1 Å². The Morgan fingerprint density at radius 1 is 1.32 bits per heavy atom. The van der Waals surface area contributed by atoms with E-state index in [0.29, 0.717) is 41.5 Å². The Labute approximate surface area is 152 Å². The zero-order valence-corrected chi connectivity index (χ0v) is 15.0. The lowest BCUT2D eigenvalue weighted by Gasteiger charge is -2.16. The number of rotatable bonds is 8. The number of nitrogens with two attached hydrogens (primary N) is 1. The van der Waals surface area contributed by atoms with Crippen LogP contribution in [0.15, 0.2) is 30.3 Å². The fourth-order valence-corrected chi connectivity index (χ4v) is 2.76. The van der Waals surface area contributed by atoms with Gasteiger partial charge in [-0.1, -0.05) is 23.7 Å². The maximum atomic E-state index is 11.4. The van der Waals surface area contributed by atoms with Crippen LogP contribution in [0.2, 0.25) is 5.02 Å². The van der Waals surface area contributed by atoms with Gasteiger partial charge in [0.1, 0.15) is 12.4 Å². The molecule has 0 atom stereocenters. The van der Waals surface area contributed by atoms with Crippen LogP contribution in [0, 0.1) is 6.92 Å². The van der Waals surface area contributed by atoms with Crippen LogP contribution in [0.1, 0.15) is 37.4 Å². The number of amides is 1. The van der Waals surface area contributed by atoms with Crippen molar-refractivity contribution in [2.75, 3.05) is 20.2 Å². The fourth-order valence-electron chi connectivity index (χ4n) is 2.48. The number of hydrogen-bond donors (Lipinski definition) is 2. The molecule has 2 aromatic carbocycles. The third-order valence-corrected chi connectivity index (χ3v) is 4.42. The summed E-state index contributed by atoms with van der Waals surface area (Å²) in [5.41, 5.74) is 8.92. The first kappa shape index (κ1) is 19.0. The van der Waals surface area contributed by atoms with Gasteiger partial charge in [-0.2, -0.15) is 0 Å². The van der Waals surface area contributed by atoms with Gasteiger partial charge in [-0.25, -0.2) is 0 Å². The van der Waals surface area contributed by atoms with Gasteiger partial charge < -0.3 is 15.8 Å². The van der Waals surface area contributed by atoms with E-state index in [1.807, 2.05) is 26.1 Å². The summed E-state index contributed by atoms with van der Waals surface area (Å²) >= 11 is 6.43. The average molecular weight is 361 g/mol. The second kappa shape index (κ2) is 8.65. The van der Waals surface area contributed by atoms with Crippen molar-refractivity contribution in [3.63, 3.8) is 0 Å². The monoisotopic (exact) mass is 360 g/mol. The minimum atomic E-state index is -0.461. The lowest BCUT2D eigenvalue weighted by atomic mass is 9.97. The molecule has 0 aromatic heterocycles. The summed E-state index contributed by atoms with van der Waals surface area (Å²) in [6.07, 6.45) is 1.34. The lowest BCUT2D eigenvalue weighted by Crippen LogP contribution is -2.17. The molecule has 0 bridgehead atoms. The molecule has 0 unspecified atom stereocenters. The van der Waals surface area contributed by atoms with Crippen LogP contribution in [0.5, 0.6) is 5.75 Å². The molecule has 0 spiro atoms. The fraction of sp³-hybridized carbons (Fsp3) is 0.263. The highest BCUT2D eigenvalue weighted by Gasteiger charge is 2.15. The topological polar surface area (TPSA) is 81.4 Å². The molecule has 0 saturated carbocycles. The van der Waals surface area contributed by atoms with Gasteiger partial charge in [0.05, 0.1) is 10.6 Å². The molecule has 0 fully saturated rings. The van der Waals surface area contributed by atoms with Crippen molar-refractivity contribution in [3.05, 3.63) is 63.2 Å². The summed E-state index contributed by atoms with van der Waals surface area (Å²) in [5, 5.41) is 3.43. The number of ether oxygens (including phenoxy) is 1. The highest BCUT2D eigenvalue weighted by molar-refractivity contribution is 6.33. The molecule has 0 aliphatic rings. The summed E-state index contributed by atoms with van der Waals surface area (Å²) in [6, 6.07) is 8.84. The molecule has 25 heavy (non-hydrogen) atoms. The second-order valence-corrected chi connectivity index (χ2v) is 6.08. The number of hydrogen-bond acceptors (Lipinski definition) is 4. The van der Waals surface area contributed by atoms with Crippen molar-refractivity contribution in [1.29, 1.82) is 0 Å². The van der Waals surface area contributed by atoms with Crippen LogP contribution in [0.25, 0.3) is 0 Å². The molecule has 0 heterocycles. The Hall–Kier alpha value is -2.37. The van der Waals surface area contributed by atoms with Crippen LogP contribution in [-0.4, -0.2) is 32.4 Å². The Morgan fingerprint density at radius 2 is 2.00 bits per heavy atom. The van der Waals surface area contributed by atoms with E-state index in [1.165, 1.54) is 0 Å². The smallest absolute Gasteiger partial charge is 0.248 e. The van der Waals surface area contributed by atoms with E-state index < -0.39 is 5.91 Å². The maximum Gasteiger partial charge on any atom is 0.248 e. The number of likely N-dealkylation sites (N-methyl/N-ethyl adjacent to an activating group) is 1. The van der Waals surface area contributed by atoms with Gasteiger partial charge in [0.15, 0.2) is 6.29 Å². The van der Waals surface area contributed by atoms with Crippen LogP contribution < -0.4 is 15.8 Å². The Bertz CT molecular complexity index is 773. The molecule has 5 nitrogen and oxygen atoms in total. The first-order valence-corrected chi connectivity index (χ1v) is 8.29. The second-order valence-electron chi connectivity index (χ2n) is 5.70. The van der Waals surface area contributed by atoms with E-state index in [-0.39, 0.29) is 0 Å². The lowest BCUT2D eigenvalue weighted by molar-refractivity contribution is 0.0999. The maximum absolute atomic E-state index is 11.4. The summed E-state index contributed by atoms with van der Waals surface area (Å²) in [5.74, 6) is -0.0469. The Balaban J connectivity index is 2.30. The van der Waals surface area contributed by atoms with Gasteiger partial charge in [0, 0.05) is 12.1 Å². The molecule has 2 rings (SSSR count). The number of primary amides is 1. The largest absolute Gasteiger partial charge is 0.490 e. The standard InChI is InChI=1S/C19H21ClN2O3/c1-12-15(9-13-3-5-14(6-4-13)19(21)24)10-16(11-23)18(17(12)20)25-8-7-22-2/h3-6,10-11,22H,7-9H2,1-2H3,(H2,21,24). The summed E-state index contributed by atoms with van der Waals surface area (Å²) in [6.45, 7) is 2.97. The molecule has 6 heteroatoms. The van der Waals surface area contributed by atoms with Crippen molar-refractivity contribution >= 4 is 23.8 Å². The normalized spacial score (nSPS) is 10.5. The first-order chi connectivity index (χ1) is 12.0. The summed E-state index contributed by atoms with van der Waals surface area (Å²) < 4.78 is 5.65. The number of carbonyl (C=O) groups is 2. The van der Waals surface area contributed by atoms with Crippen LogP contribution >= 0.6 is 11.6 Å². The molecular formula is C19H21ClN2O3. The zero-order chi connectivity index (χ0) is 18.4. The van der Waals surface area contributed by atoms with Gasteiger partial charge in [-0.3, -0.25) is 9.59 Å². The third kappa shape index (κ3) is 4.59. The molecule has 2 aromatic rings. The summed E-state index contributed by atoms with van der Waals surface area (Å²) in [7, 11) is 1.82. The number of aldehydes is 1. The molecule has 0 aliphatic heterocycles. The van der Waals surface area contributed by atoms with E-state index in [2.05, 4.69) is 5.32 Å². The van der Waals surface area contributed by atoms with E-state index >= 15 is 0 Å². The van der Waals surface area contributed by atoms with Gasteiger partial charge in [-0.15, -0.1) is 0 Å².